The maximum absolute atomic E-state index is 13.7. The summed E-state index contributed by atoms with van der Waals surface area (Å²) in [5, 5.41) is 8.81. The molecule has 0 aliphatic carbocycles. The maximum Gasteiger partial charge on any atom is 0.327 e. The van der Waals surface area contributed by atoms with Crippen molar-refractivity contribution < 1.29 is 19.4 Å². The third-order valence-corrected chi connectivity index (χ3v) is 7.53. The van der Waals surface area contributed by atoms with E-state index in [4.69, 9.17) is 10.5 Å². The van der Waals surface area contributed by atoms with Crippen molar-refractivity contribution in [3.63, 3.8) is 0 Å². The number of anilines is 1. The molecule has 0 bridgehead atoms. The van der Waals surface area contributed by atoms with Crippen LogP contribution in [0.25, 0.3) is 0 Å². The van der Waals surface area contributed by atoms with Crippen LogP contribution in [-0.2, 0) is 32.8 Å². The number of aryl methyl sites for hydroxylation is 2. The topological polar surface area (TPSA) is 115 Å². The molecule has 3 N–H and O–H groups in total. The summed E-state index contributed by atoms with van der Waals surface area (Å²) in [6.07, 6.45) is 3.99. The summed E-state index contributed by atoms with van der Waals surface area (Å²) in [5.74, 6) is -0.768. The molecular weight excluding hydrogens is 450 g/mol. The Bertz CT molecular complexity index is 1050. The quantitative estimate of drug-likeness (QED) is 0.446. The molecule has 34 heavy (non-hydrogen) atoms. The summed E-state index contributed by atoms with van der Waals surface area (Å²) in [6, 6.07) is 3.94. The number of nitrogens with zero attached hydrogens (tertiary/aromatic N) is 2. The first-order chi connectivity index (χ1) is 15.9. The third kappa shape index (κ3) is 5.78. The van der Waals surface area contributed by atoms with Crippen molar-refractivity contribution >= 4 is 29.5 Å². The molecule has 0 spiro atoms. The second kappa shape index (κ2) is 10.4. The number of hydrogen-bond acceptors (Lipinski definition) is 8. The van der Waals surface area contributed by atoms with E-state index in [1.165, 1.54) is 11.8 Å². The van der Waals surface area contributed by atoms with Gasteiger partial charge in [-0.05, 0) is 59.4 Å². The Morgan fingerprint density at radius 3 is 2.38 bits per heavy atom. The predicted molar refractivity (Wildman–Crippen MR) is 133 cm³/mol. The first kappa shape index (κ1) is 26.2. The largest absolute Gasteiger partial charge is 0.460 e. The van der Waals surface area contributed by atoms with E-state index in [9.17, 15) is 14.7 Å². The van der Waals surface area contributed by atoms with Crippen LogP contribution in [0.4, 0.5) is 5.95 Å². The monoisotopic (exact) mass is 485 g/mol. The average Bonchev–Trinajstić information content (AvgIpc) is 2.76. The number of aliphatic hydroxyl groups excluding tert-OH is 1. The van der Waals surface area contributed by atoms with Crippen molar-refractivity contribution in [1.82, 2.24) is 9.97 Å². The van der Waals surface area contributed by atoms with Gasteiger partial charge in [-0.1, -0.05) is 40.7 Å². The number of nitrogens with two attached hydrogens (primary N) is 1. The number of esters is 1. The number of aliphatic hydroxyl groups is 1. The minimum absolute atomic E-state index is 0.0164. The summed E-state index contributed by atoms with van der Waals surface area (Å²) in [4.78, 5) is 35.6. The number of hydrogen-bond donors (Lipinski definition) is 2. The number of Topliss-reactive ketones (excluding diaryl/α,β-unsaturated/α-hetero) is 1. The minimum atomic E-state index is -0.928. The van der Waals surface area contributed by atoms with Gasteiger partial charge in [-0.3, -0.25) is 9.59 Å². The van der Waals surface area contributed by atoms with Crippen LogP contribution in [0.1, 0.15) is 63.3 Å². The molecule has 7 nitrogen and oxygen atoms in total. The highest BCUT2D eigenvalue weighted by Crippen LogP contribution is 2.41. The van der Waals surface area contributed by atoms with E-state index in [1.807, 2.05) is 32.9 Å². The van der Waals surface area contributed by atoms with Crippen LogP contribution >= 0.6 is 11.8 Å². The van der Waals surface area contributed by atoms with Crippen LogP contribution in [-0.4, -0.2) is 38.2 Å². The Hall–Kier alpha value is -2.45. The molecule has 184 valence electrons. The number of nitrogen functional groups attached to an aromatic ring is 1. The fraction of sp³-hybridized carbons (Fsp3) is 0.538. The first-order valence-electron chi connectivity index (χ1n) is 11.6. The zero-order valence-corrected chi connectivity index (χ0v) is 21.6. The number of carbonyl (C=O) groups excluding carboxylic acids is 2. The lowest BCUT2D eigenvalue weighted by Crippen LogP contribution is -2.50. The number of rotatable bonds is 7. The molecule has 3 rings (SSSR count). The van der Waals surface area contributed by atoms with Gasteiger partial charge in [0.25, 0.3) is 0 Å². The maximum atomic E-state index is 13.7. The van der Waals surface area contributed by atoms with Crippen LogP contribution < -0.4 is 5.73 Å². The van der Waals surface area contributed by atoms with E-state index in [2.05, 4.69) is 30.7 Å². The van der Waals surface area contributed by atoms with E-state index in [-0.39, 0.29) is 29.7 Å². The SMILES string of the molecule is Cc1cc(SC2C(=O)OC(C(C)C)C(CCc3cnc(N)nc3)C2=O)c(C(C)(C)C)cc1CO. The number of benzene rings is 1. The Balaban J connectivity index is 1.90. The number of cyclic esters (lactones) is 1. The first-order valence-corrected chi connectivity index (χ1v) is 12.5. The molecule has 2 aromatic rings. The summed E-state index contributed by atoms with van der Waals surface area (Å²) < 4.78 is 5.85. The second-order valence-electron chi connectivity index (χ2n) is 10.3. The highest BCUT2D eigenvalue weighted by atomic mass is 32.2. The molecular formula is C26H35N3O4S. The number of ketones is 1. The van der Waals surface area contributed by atoms with Crippen LogP contribution in [0.15, 0.2) is 29.4 Å². The lowest BCUT2D eigenvalue weighted by Gasteiger charge is -2.36. The van der Waals surface area contributed by atoms with Crippen LogP contribution in [0.3, 0.4) is 0 Å². The molecule has 3 atom stereocenters. The van der Waals surface area contributed by atoms with Crippen molar-refractivity contribution in [2.24, 2.45) is 11.8 Å². The smallest absolute Gasteiger partial charge is 0.327 e. The van der Waals surface area contributed by atoms with Crippen LogP contribution in [0.2, 0.25) is 0 Å². The number of thioether (sulfide) groups is 1. The molecule has 1 aromatic carbocycles. The van der Waals surface area contributed by atoms with Crippen molar-refractivity contribution in [3.8, 4) is 0 Å². The van der Waals surface area contributed by atoms with Crippen LogP contribution in [0.5, 0.6) is 0 Å². The highest BCUT2D eigenvalue weighted by molar-refractivity contribution is 8.01. The van der Waals surface area contributed by atoms with Gasteiger partial charge in [0, 0.05) is 17.3 Å². The summed E-state index contributed by atoms with van der Waals surface area (Å²) in [7, 11) is 0. The van der Waals surface area contributed by atoms with Crippen molar-refractivity contribution in [3.05, 3.63) is 46.8 Å². The van der Waals surface area contributed by atoms with E-state index in [0.29, 0.717) is 12.8 Å². The molecule has 1 fully saturated rings. The third-order valence-electron chi connectivity index (χ3n) is 6.27. The summed E-state index contributed by atoms with van der Waals surface area (Å²) in [5.41, 5.74) is 9.00. The number of aromatic nitrogens is 2. The van der Waals surface area contributed by atoms with E-state index < -0.39 is 23.2 Å². The Morgan fingerprint density at radius 1 is 1.18 bits per heavy atom. The normalized spacial score (nSPS) is 21.1. The summed E-state index contributed by atoms with van der Waals surface area (Å²) in [6.45, 7) is 12.0. The molecule has 1 saturated heterocycles. The van der Waals surface area contributed by atoms with Gasteiger partial charge in [-0.25, -0.2) is 9.97 Å². The lowest BCUT2D eigenvalue weighted by atomic mass is 9.82. The molecule has 2 heterocycles. The molecule has 1 aliphatic rings. The van der Waals surface area contributed by atoms with Gasteiger partial charge in [0.1, 0.15) is 6.10 Å². The molecule has 1 aromatic heterocycles. The molecule has 8 heteroatoms. The van der Waals surface area contributed by atoms with Gasteiger partial charge < -0.3 is 15.6 Å². The highest BCUT2D eigenvalue weighted by Gasteiger charge is 2.46. The van der Waals surface area contributed by atoms with Gasteiger partial charge in [-0.15, -0.1) is 11.8 Å². The number of carbonyl (C=O) groups is 2. The van der Waals surface area contributed by atoms with E-state index in [1.54, 1.807) is 12.4 Å². The van der Waals surface area contributed by atoms with Crippen molar-refractivity contribution in [1.29, 1.82) is 0 Å². The predicted octanol–water partition coefficient (Wildman–Crippen LogP) is 4.02. The minimum Gasteiger partial charge on any atom is -0.460 e. The molecule has 1 aliphatic heterocycles. The fourth-order valence-corrected chi connectivity index (χ4v) is 5.72. The van der Waals surface area contributed by atoms with Gasteiger partial charge in [0.05, 0.1) is 12.5 Å². The second-order valence-corrected chi connectivity index (χ2v) is 11.5. The number of ether oxygens (including phenoxy) is 1. The van der Waals surface area contributed by atoms with Gasteiger partial charge in [-0.2, -0.15) is 0 Å². The standard InChI is InChI=1S/C26H35N3O4S/c1-14(2)22-18(8-7-16-11-28-25(27)29-12-16)21(31)23(24(32)33-22)34-20-9-15(3)17(13-30)10-19(20)26(4,5)6/h9-12,14,18,22-23,30H,7-8,13H2,1-6H3,(H2,27,28,29). The van der Waals surface area contributed by atoms with Gasteiger partial charge >= 0.3 is 5.97 Å². The average molecular weight is 486 g/mol. The molecule has 0 saturated carbocycles. The van der Waals surface area contributed by atoms with Gasteiger partial charge in [0.2, 0.25) is 5.95 Å². The zero-order chi connectivity index (χ0) is 25.2. The fourth-order valence-electron chi connectivity index (χ4n) is 4.29. The zero-order valence-electron chi connectivity index (χ0n) is 20.8. The lowest BCUT2D eigenvalue weighted by molar-refractivity contribution is -0.165. The van der Waals surface area contributed by atoms with Gasteiger partial charge in [0.15, 0.2) is 11.0 Å². The van der Waals surface area contributed by atoms with E-state index in [0.717, 1.165) is 27.1 Å². The Morgan fingerprint density at radius 2 is 1.82 bits per heavy atom. The van der Waals surface area contributed by atoms with E-state index >= 15 is 0 Å². The molecule has 3 unspecified atom stereocenters. The molecule has 0 radical (unpaired) electrons. The van der Waals surface area contributed by atoms with Crippen molar-refractivity contribution in [2.45, 2.75) is 82.7 Å². The van der Waals surface area contributed by atoms with Crippen molar-refractivity contribution in [2.75, 3.05) is 5.73 Å². The Labute approximate surface area is 205 Å². The Kier molecular flexibility index (Phi) is 8.03. The molecule has 0 amide bonds. The van der Waals surface area contributed by atoms with Crippen LogP contribution in [0, 0.1) is 18.8 Å². The summed E-state index contributed by atoms with van der Waals surface area (Å²) >= 11 is 1.26.